The zero-order chi connectivity index (χ0) is 15.1. The van der Waals surface area contributed by atoms with Gasteiger partial charge in [0.15, 0.2) is 0 Å². The molecule has 0 bridgehead atoms. The summed E-state index contributed by atoms with van der Waals surface area (Å²) in [5.41, 5.74) is 3.64. The lowest BCUT2D eigenvalue weighted by molar-refractivity contribution is 0.275. The molecule has 0 saturated heterocycles. The van der Waals surface area contributed by atoms with E-state index >= 15 is 0 Å². The number of nitrogens with one attached hydrogen (secondary N) is 1. The number of thiophene rings is 1. The van der Waals surface area contributed by atoms with Crippen LogP contribution in [-0.2, 0) is 13.1 Å². The number of nitrogens with zero attached hydrogens (tertiary/aromatic N) is 2. The van der Waals surface area contributed by atoms with Gasteiger partial charge in [-0.15, -0.1) is 11.3 Å². The van der Waals surface area contributed by atoms with Crippen LogP contribution in [0.4, 0.5) is 0 Å². The second-order valence-corrected chi connectivity index (χ2v) is 6.34. The van der Waals surface area contributed by atoms with Crippen molar-refractivity contribution in [1.29, 1.82) is 0 Å². The predicted octanol–water partition coefficient (Wildman–Crippen LogP) is 3.37. The van der Waals surface area contributed by atoms with Crippen molar-refractivity contribution < 1.29 is 0 Å². The molecule has 2 aromatic heterocycles. The third-order valence-electron chi connectivity index (χ3n) is 3.64. The molecule has 0 aromatic carbocycles. The summed E-state index contributed by atoms with van der Waals surface area (Å²) in [6.07, 6.45) is 0. The first-order valence-corrected chi connectivity index (χ1v) is 8.45. The number of hydrogen-bond acceptors (Lipinski definition) is 4. The smallest absolute Gasteiger partial charge is 0.0547 e. The van der Waals surface area contributed by atoms with Gasteiger partial charge in [-0.05, 0) is 49.5 Å². The van der Waals surface area contributed by atoms with Crippen molar-refractivity contribution in [3.8, 4) is 0 Å². The van der Waals surface area contributed by atoms with E-state index in [1.807, 2.05) is 24.3 Å². The molecule has 114 valence electrons. The normalized spacial score (nSPS) is 11.2. The van der Waals surface area contributed by atoms with E-state index in [2.05, 4.69) is 52.6 Å². The average Bonchev–Trinajstić information content (AvgIpc) is 2.87. The first-order chi connectivity index (χ1) is 10.2. The van der Waals surface area contributed by atoms with Gasteiger partial charge in [-0.2, -0.15) is 0 Å². The predicted molar refractivity (Wildman–Crippen MR) is 90.7 cm³/mol. The minimum Gasteiger partial charge on any atom is -0.311 e. The molecule has 0 aliphatic rings. The Bertz CT molecular complexity index is 550. The zero-order valence-corrected chi connectivity index (χ0v) is 14.0. The highest BCUT2D eigenvalue weighted by Crippen LogP contribution is 2.14. The van der Waals surface area contributed by atoms with Crippen LogP contribution in [0.3, 0.4) is 0 Å². The van der Waals surface area contributed by atoms with E-state index in [4.69, 9.17) is 0 Å². The molecule has 0 unspecified atom stereocenters. The number of rotatable bonds is 8. The van der Waals surface area contributed by atoms with Crippen molar-refractivity contribution >= 4 is 11.3 Å². The third-order valence-corrected chi connectivity index (χ3v) is 4.66. The summed E-state index contributed by atoms with van der Waals surface area (Å²) in [5, 5.41) is 5.70. The molecule has 2 rings (SSSR count). The minimum atomic E-state index is 0.928. The van der Waals surface area contributed by atoms with Gasteiger partial charge >= 0.3 is 0 Å². The Morgan fingerprint density at radius 2 is 2.10 bits per heavy atom. The Balaban J connectivity index is 1.74. The Morgan fingerprint density at radius 1 is 1.24 bits per heavy atom. The fourth-order valence-corrected chi connectivity index (χ4v) is 3.17. The molecule has 0 fully saturated rings. The summed E-state index contributed by atoms with van der Waals surface area (Å²) in [5.74, 6) is 0. The summed E-state index contributed by atoms with van der Waals surface area (Å²) in [6.45, 7) is 11.4. The van der Waals surface area contributed by atoms with Crippen molar-refractivity contribution in [2.45, 2.75) is 33.9 Å². The largest absolute Gasteiger partial charge is 0.311 e. The van der Waals surface area contributed by atoms with Crippen LogP contribution in [0.15, 0.2) is 29.6 Å². The van der Waals surface area contributed by atoms with Crippen LogP contribution < -0.4 is 5.32 Å². The van der Waals surface area contributed by atoms with E-state index in [0.717, 1.165) is 44.1 Å². The van der Waals surface area contributed by atoms with E-state index < -0.39 is 0 Å². The quantitative estimate of drug-likeness (QED) is 0.758. The standard InChI is InChI=1S/C17H25N3S/c1-4-20(13-16-7-5-6-15(3)19-16)10-9-18-12-17-14(2)8-11-21-17/h5-8,11,18H,4,9-10,12-13H2,1-3H3. The second-order valence-electron chi connectivity index (χ2n) is 5.34. The molecule has 2 heterocycles. The molecule has 0 radical (unpaired) electrons. The zero-order valence-electron chi connectivity index (χ0n) is 13.2. The maximum Gasteiger partial charge on any atom is 0.0547 e. The molecule has 21 heavy (non-hydrogen) atoms. The minimum absolute atomic E-state index is 0.928. The SMILES string of the molecule is CCN(CCNCc1sccc1C)Cc1cccc(C)n1. The topological polar surface area (TPSA) is 28.2 Å². The highest BCUT2D eigenvalue weighted by atomic mass is 32.1. The van der Waals surface area contributed by atoms with E-state index in [0.29, 0.717) is 0 Å². The fourth-order valence-electron chi connectivity index (χ4n) is 2.29. The Labute approximate surface area is 132 Å². The molecule has 0 atom stereocenters. The number of likely N-dealkylation sites (N-methyl/N-ethyl adjacent to an activating group) is 1. The molecule has 0 aliphatic heterocycles. The molecule has 0 aliphatic carbocycles. The van der Waals surface area contributed by atoms with Crippen molar-refractivity contribution in [3.05, 3.63) is 51.5 Å². The highest BCUT2D eigenvalue weighted by molar-refractivity contribution is 7.10. The van der Waals surface area contributed by atoms with Crippen LogP contribution in [0.2, 0.25) is 0 Å². The summed E-state index contributed by atoms with van der Waals surface area (Å²) in [4.78, 5) is 8.45. The van der Waals surface area contributed by atoms with E-state index in [9.17, 15) is 0 Å². The van der Waals surface area contributed by atoms with Gasteiger partial charge in [0.25, 0.3) is 0 Å². The molecule has 4 heteroatoms. The van der Waals surface area contributed by atoms with Gasteiger partial charge < -0.3 is 5.32 Å². The number of hydrogen-bond donors (Lipinski definition) is 1. The van der Waals surface area contributed by atoms with Crippen LogP contribution in [-0.4, -0.2) is 29.5 Å². The van der Waals surface area contributed by atoms with Crippen molar-refractivity contribution in [3.63, 3.8) is 0 Å². The van der Waals surface area contributed by atoms with Gasteiger partial charge in [-0.25, -0.2) is 0 Å². The summed E-state index contributed by atoms with van der Waals surface area (Å²) in [6, 6.07) is 8.43. The van der Waals surface area contributed by atoms with E-state index in [1.165, 1.54) is 10.4 Å². The van der Waals surface area contributed by atoms with Crippen LogP contribution in [0.5, 0.6) is 0 Å². The lowest BCUT2D eigenvalue weighted by Gasteiger charge is -2.20. The Morgan fingerprint density at radius 3 is 2.76 bits per heavy atom. The molecule has 3 nitrogen and oxygen atoms in total. The summed E-state index contributed by atoms with van der Waals surface area (Å²) >= 11 is 1.83. The van der Waals surface area contributed by atoms with E-state index in [-0.39, 0.29) is 0 Å². The molecule has 0 saturated carbocycles. The van der Waals surface area contributed by atoms with Crippen molar-refractivity contribution in [2.75, 3.05) is 19.6 Å². The first-order valence-electron chi connectivity index (χ1n) is 7.57. The summed E-state index contributed by atoms with van der Waals surface area (Å²) < 4.78 is 0. The molecular weight excluding hydrogens is 278 g/mol. The third kappa shape index (κ3) is 5.23. The molecular formula is C17H25N3S. The van der Waals surface area contributed by atoms with Crippen LogP contribution in [0.1, 0.15) is 28.8 Å². The molecule has 2 aromatic rings. The van der Waals surface area contributed by atoms with Crippen LogP contribution >= 0.6 is 11.3 Å². The number of aryl methyl sites for hydroxylation is 2. The maximum atomic E-state index is 4.58. The highest BCUT2D eigenvalue weighted by Gasteiger charge is 2.05. The van der Waals surface area contributed by atoms with Gasteiger partial charge in [-0.1, -0.05) is 13.0 Å². The molecule has 0 spiro atoms. The maximum absolute atomic E-state index is 4.58. The second kappa shape index (κ2) is 8.27. The Kier molecular flexibility index (Phi) is 6.36. The van der Waals surface area contributed by atoms with Gasteiger partial charge in [0.2, 0.25) is 0 Å². The molecule has 0 amide bonds. The fraction of sp³-hybridized carbons (Fsp3) is 0.471. The van der Waals surface area contributed by atoms with Crippen LogP contribution in [0, 0.1) is 13.8 Å². The molecule has 1 N–H and O–H groups in total. The van der Waals surface area contributed by atoms with Crippen molar-refractivity contribution in [1.82, 2.24) is 15.2 Å². The van der Waals surface area contributed by atoms with Gasteiger partial charge in [-0.3, -0.25) is 9.88 Å². The van der Waals surface area contributed by atoms with Gasteiger partial charge in [0.05, 0.1) is 5.69 Å². The lowest BCUT2D eigenvalue weighted by Crippen LogP contribution is -2.31. The number of aromatic nitrogens is 1. The van der Waals surface area contributed by atoms with Crippen LogP contribution in [0.25, 0.3) is 0 Å². The number of pyridine rings is 1. The first kappa shape index (κ1) is 16.1. The lowest BCUT2D eigenvalue weighted by atomic mass is 10.3. The van der Waals surface area contributed by atoms with E-state index in [1.54, 1.807) is 0 Å². The Hall–Kier alpha value is -1.23. The average molecular weight is 303 g/mol. The summed E-state index contributed by atoms with van der Waals surface area (Å²) in [7, 11) is 0. The van der Waals surface area contributed by atoms with Crippen molar-refractivity contribution in [2.24, 2.45) is 0 Å². The monoisotopic (exact) mass is 303 g/mol. The van der Waals surface area contributed by atoms with Gasteiger partial charge in [0, 0.05) is 36.8 Å². The van der Waals surface area contributed by atoms with Gasteiger partial charge in [0.1, 0.15) is 0 Å².